The molecule has 1 amide bonds. The molecule has 1 N–H and O–H groups in total. The molecule has 0 heterocycles. The molecule has 6 heteroatoms. The molecule has 2 aromatic rings. The summed E-state index contributed by atoms with van der Waals surface area (Å²) in [6, 6.07) is 12.3. The van der Waals surface area contributed by atoms with E-state index in [1.54, 1.807) is 30.3 Å². The van der Waals surface area contributed by atoms with Crippen molar-refractivity contribution in [2.75, 3.05) is 0 Å². The summed E-state index contributed by atoms with van der Waals surface area (Å²) in [7, 11) is 0. The van der Waals surface area contributed by atoms with Gasteiger partial charge in [-0.2, -0.15) is 10.4 Å². The molecular weight excluding hydrogens is 293 g/mol. The lowest BCUT2D eigenvalue weighted by molar-refractivity contribution is 0.0951. The molecule has 0 aliphatic heterocycles. The van der Waals surface area contributed by atoms with Crippen LogP contribution in [0.4, 0.5) is 4.39 Å². The van der Waals surface area contributed by atoms with E-state index in [-0.39, 0.29) is 11.1 Å². The quantitative estimate of drug-likeness (QED) is 0.699. The van der Waals surface area contributed by atoms with Crippen LogP contribution in [0.5, 0.6) is 0 Å². The van der Waals surface area contributed by atoms with Gasteiger partial charge in [-0.15, -0.1) is 0 Å². The van der Waals surface area contributed by atoms with Gasteiger partial charge in [0.15, 0.2) is 0 Å². The summed E-state index contributed by atoms with van der Waals surface area (Å²) in [6.45, 7) is 0. The van der Waals surface area contributed by atoms with Crippen LogP contribution in [0.2, 0.25) is 5.02 Å². The Morgan fingerprint density at radius 1 is 1.33 bits per heavy atom. The van der Waals surface area contributed by atoms with Crippen LogP contribution in [0.3, 0.4) is 0 Å². The molecule has 2 aromatic carbocycles. The van der Waals surface area contributed by atoms with Crippen LogP contribution in [0.25, 0.3) is 0 Å². The predicted molar refractivity (Wildman–Crippen MR) is 77.6 cm³/mol. The van der Waals surface area contributed by atoms with E-state index in [2.05, 4.69) is 10.5 Å². The largest absolute Gasteiger partial charge is 0.274 e. The van der Waals surface area contributed by atoms with Gasteiger partial charge in [-0.3, -0.25) is 4.79 Å². The van der Waals surface area contributed by atoms with Crippen molar-refractivity contribution in [2.24, 2.45) is 5.10 Å². The first-order chi connectivity index (χ1) is 10.1. The number of carbonyl (C=O) groups excluding carboxylic acids is 1. The van der Waals surface area contributed by atoms with Gasteiger partial charge in [0.2, 0.25) is 0 Å². The van der Waals surface area contributed by atoms with Crippen molar-refractivity contribution in [3.8, 4) is 6.07 Å². The van der Waals surface area contributed by atoms with Gasteiger partial charge in [0, 0.05) is 5.02 Å². The monoisotopic (exact) mass is 301 g/mol. The van der Waals surface area contributed by atoms with Crippen LogP contribution in [-0.2, 0) is 0 Å². The van der Waals surface area contributed by atoms with E-state index in [0.29, 0.717) is 10.6 Å². The lowest BCUT2D eigenvalue weighted by atomic mass is 10.1. The Hall–Kier alpha value is -2.71. The Labute approximate surface area is 125 Å². The molecule has 2 rings (SSSR count). The molecule has 0 aromatic heterocycles. The van der Waals surface area contributed by atoms with Crippen LogP contribution < -0.4 is 5.43 Å². The van der Waals surface area contributed by atoms with Crippen LogP contribution >= 0.6 is 11.6 Å². The Morgan fingerprint density at radius 3 is 2.81 bits per heavy atom. The van der Waals surface area contributed by atoms with E-state index in [9.17, 15) is 9.18 Å². The van der Waals surface area contributed by atoms with Crippen LogP contribution in [0.15, 0.2) is 47.6 Å². The van der Waals surface area contributed by atoms with Crippen molar-refractivity contribution in [3.05, 3.63) is 70.0 Å². The minimum atomic E-state index is -0.774. The zero-order valence-corrected chi connectivity index (χ0v) is 11.4. The van der Waals surface area contributed by atoms with E-state index in [4.69, 9.17) is 16.9 Å². The van der Waals surface area contributed by atoms with Gasteiger partial charge in [0.05, 0.1) is 23.4 Å². The van der Waals surface area contributed by atoms with Crippen LogP contribution in [-0.4, -0.2) is 12.1 Å². The van der Waals surface area contributed by atoms with E-state index in [1.807, 2.05) is 0 Å². The fourth-order valence-electron chi connectivity index (χ4n) is 1.58. The van der Waals surface area contributed by atoms with E-state index in [0.717, 1.165) is 6.07 Å². The van der Waals surface area contributed by atoms with Crippen molar-refractivity contribution in [1.82, 2.24) is 5.43 Å². The second-order valence-corrected chi connectivity index (χ2v) is 4.50. The van der Waals surface area contributed by atoms with Gasteiger partial charge in [0.1, 0.15) is 5.82 Å². The number of nitriles is 1. The van der Waals surface area contributed by atoms with Crippen molar-refractivity contribution in [3.63, 3.8) is 0 Å². The molecule has 0 atom stereocenters. The molecule has 4 nitrogen and oxygen atoms in total. The first-order valence-electron chi connectivity index (χ1n) is 5.89. The van der Waals surface area contributed by atoms with Crippen molar-refractivity contribution >= 4 is 23.7 Å². The maximum absolute atomic E-state index is 13.6. The number of nitrogens with zero attached hydrogens (tertiary/aromatic N) is 2. The van der Waals surface area contributed by atoms with Gasteiger partial charge in [-0.05, 0) is 35.9 Å². The second-order valence-electron chi connectivity index (χ2n) is 4.06. The molecule has 0 fully saturated rings. The van der Waals surface area contributed by atoms with Crippen LogP contribution in [0.1, 0.15) is 21.5 Å². The smallest absolute Gasteiger partial charge is 0.267 e. The highest BCUT2D eigenvalue weighted by Gasteiger charge is 2.11. The number of benzene rings is 2. The van der Waals surface area contributed by atoms with Gasteiger partial charge in [-0.1, -0.05) is 23.7 Å². The minimum Gasteiger partial charge on any atom is -0.267 e. The predicted octanol–water partition coefficient (Wildman–Crippen LogP) is 3.11. The van der Waals surface area contributed by atoms with Gasteiger partial charge < -0.3 is 0 Å². The highest BCUT2D eigenvalue weighted by atomic mass is 35.5. The second kappa shape index (κ2) is 6.64. The maximum atomic E-state index is 13.6. The minimum absolute atomic E-state index is 0.145. The Balaban J connectivity index is 2.07. The number of hydrazone groups is 1. The molecular formula is C15H9ClFN3O. The van der Waals surface area contributed by atoms with E-state index in [1.165, 1.54) is 18.3 Å². The number of carbonyl (C=O) groups is 1. The number of hydrogen-bond acceptors (Lipinski definition) is 3. The van der Waals surface area contributed by atoms with Crippen molar-refractivity contribution in [1.29, 1.82) is 5.26 Å². The number of halogens is 2. The third-order valence-electron chi connectivity index (χ3n) is 2.57. The van der Waals surface area contributed by atoms with Crippen molar-refractivity contribution in [2.45, 2.75) is 0 Å². The van der Waals surface area contributed by atoms with Gasteiger partial charge in [-0.25, -0.2) is 9.82 Å². The summed E-state index contributed by atoms with van der Waals surface area (Å²) in [6.07, 6.45) is 1.39. The zero-order valence-electron chi connectivity index (χ0n) is 10.7. The lowest BCUT2D eigenvalue weighted by Crippen LogP contribution is -2.19. The molecule has 0 saturated heterocycles. The molecule has 104 valence electrons. The van der Waals surface area contributed by atoms with E-state index >= 15 is 0 Å². The average Bonchev–Trinajstić information content (AvgIpc) is 2.47. The normalized spacial score (nSPS) is 10.3. The van der Waals surface area contributed by atoms with Crippen molar-refractivity contribution < 1.29 is 9.18 Å². The molecule has 0 bridgehead atoms. The highest BCUT2D eigenvalue weighted by molar-refractivity contribution is 6.30. The standard InChI is InChI=1S/C15H9ClFN3O/c16-12-3-1-2-11(6-12)9-19-20-15(21)13-5-4-10(8-18)7-14(13)17/h1-7,9H,(H,20,21)/b19-9-. The summed E-state index contributed by atoms with van der Waals surface area (Å²) in [5.74, 6) is -1.47. The molecule has 21 heavy (non-hydrogen) atoms. The highest BCUT2D eigenvalue weighted by Crippen LogP contribution is 2.10. The molecule has 0 spiro atoms. The summed E-state index contributed by atoms with van der Waals surface area (Å²) in [5.41, 5.74) is 2.87. The Kier molecular flexibility index (Phi) is 4.64. The van der Waals surface area contributed by atoms with Gasteiger partial charge in [0.25, 0.3) is 5.91 Å². The fourth-order valence-corrected chi connectivity index (χ4v) is 1.78. The lowest BCUT2D eigenvalue weighted by Gasteiger charge is -2.01. The average molecular weight is 302 g/mol. The summed E-state index contributed by atoms with van der Waals surface area (Å²) >= 11 is 5.81. The number of nitrogens with one attached hydrogen (secondary N) is 1. The third kappa shape index (κ3) is 3.88. The summed E-state index contributed by atoms with van der Waals surface area (Å²) in [4.78, 5) is 11.7. The maximum Gasteiger partial charge on any atom is 0.274 e. The molecule has 0 saturated carbocycles. The first-order valence-corrected chi connectivity index (χ1v) is 6.26. The van der Waals surface area contributed by atoms with Gasteiger partial charge >= 0.3 is 0 Å². The third-order valence-corrected chi connectivity index (χ3v) is 2.81. The zero-order chi connectivity index (χ0) is 15.2. The fraction of sp³-hybridized carbons (Fsp3) is 0. The number of rotatable bonds is 3. The SMILES string of the molecule is N#Cc1ccc(C(=O)N/N=C\c2cccc(Cl)c2)c(F)c1. The summed E-state index contributed by atoms with van der Waals surface area (Å²) in [5, 5.41) is 12.9. The molecule has 0 aliphatic rings. The topological polar surface area (TPSA) is 65.2 Å². The number of amides is 1. The molecule has 0 aliphatic carbocycles. The Morgan fingerprint density at radius 2 is 2.14 bits per heavy atom. The molecule has 0 unspecified atom stereocenters. The van der Waals surface area contributed by atoms with E-state index < -0.39 is 11.7 Å². The summed E-state index contributed by atoms with van der Waals surface area (Å²) < 4.78 is 13.6. The Bertz CT molecular complexity index is 753. The number of hydrogen-bond donors (Lipinski definition) is 1. The first kappa shape index (κ1) is 14.7. The molecule has 0 radical (unpaired) electrons. The van der Waals surface area contributed by atoms with Crippen LogP contribution in [0, 0.1) is 17.1 Å².